The SMILES string of the molecule is Cc1cc(/C([O-])=N/S(=O)(=O)C(F)(F)F)ccc1I. The molecule has 0 N–H and O–H groups in total. The normalized spacial score (nSPS) is 13.7. The molecule has 0 amide bonds. The minimum absolute atomic E-state index is 0.208. The molecule has 1 aromatic carbocycles. The number of benzene rings is 1. The Morgan fingerprint density at radius 3 is 2.39 bits per heavy atom. The number of hydrogen-bond acceptors (Lipinski definition) is 3. The van der Waals surface area contributed by atoms with Gasteiger partial charge in [0.1, 0.15) is 0 Å². The van der Waals surface area contributed by atoms with E-state index in [0.717, 1.165) is 3.57 Å². The van der Waals surface area contributed by atoms with Crippen LogP contribution in [0.3, 0.4) is 0 Å². The Bertz CT molecular complexity index is 596. The van der Waals surface area contributed by atoms with Crippen LogP contribution in [0.15, 0.2) is 22.6 Å². The van der Waals surface area contributed by atoms with Crippen molar-refractivity contribution in [2.24, 2.45) is 4.40 Å². The Balaban J connectivity index is 3.23. The van der Waals surface area contributed by atoms with E-state index in [4.69, 9.17) is 0 Å². The highest BCUT2D eigenvalue weighted by molar-refractivity contribution is 14.1. The van der Waals surface area contributed by atoms with Gasteiger partial charge in [0.2, 0.25) is 0 Å². The van der Waals surface area contributed by atoms with Gasteiger partial charge in [-0.15, -0.1) is 0 Å². The molecule has 0 heterocycles. The summed E-state index contributed by atoms with van der Waals surface area (Å²) in [6.45, 7) is 1.64. The summed E-state index contributed by atoms with van der Waals surface area (Å²) in [5.41, 5.74) is -5.14. The molecule has 0 aliphatic carbocycles. The zero-order chi connectivity index (χ0) is 14.1. The van der Waals surface area contributed by atoms with Crippen LogP contribution in [0.2, 0.25) is 0 Å². The van der Waals surface area contributed by atoms with Gasteiger partial charge in [0, 0.05) is 9.47 Å². The maximum atomic E-state index is 12.0. The standard InChI is InChI=1S/C9H7F3INO3S/c1-5-4-6(2-3-7(5)13)8(15)14-18(16,17)9(10,11)12/h2-4H,1H3,(H,14,15)/p-1. The second-order valence-corrected chi connectivity index (χ2v) is 6.04. The van der Waals surface area contributed by atoms with E-state index in [1.54, 1.807) is 6.92 Å². The third-order valence-electron chi connectivity index (χ3n) is 1.90. The zero-order valence-corrected chi connectivity index (χ0v) is 11.8. The van der Waals surface area contributed by atoms with Gasteiger partial charge in [0.25, 0.3) is 0 Å². The summed E-state index contributed by atoms with van der Waals surface area (Å²) in [6, 6.07) is 3.98. The van der Waals surface area contributed by atoms with Crippen LogP contribution in [-0.2, 0) is 10.0 Å². The zero-order valence-electron chi connectivity index (χ0n) is 8.82. The maximum Gasteiger partial charge on any atom is 0.518 e. The molecule has 0 unspecified atom stereocenters. The first-order valence-corrected chi connectivity index (χ1v) is 6.91. The van der Waals surface area contributed by atoms with Crippen LogP contribution in [0, 0.1) is 10.5 Å². The predicted molar refractivity (Wildman–Crippen MR) is 65.4 cm³/mol. The number of hydrogen-bond donors (Lipinski definition) is 0. The van der Waals surface area contributed by atoms with Crippen LogP contribution in [0.5, 0.6) is 0 Å². The summed E-state index contributed by atoms with van der Waals surface area (Å²) >= 11 is 1.97. The van der Waals surface area contributed by atoms with E-state index in [1.807, 2.05) is 22.6 Å². The van der Waals surface area contributed by atoms with Gasteiger partial charge in [-0.25, -0.2) is 0 Å². The Hall–Kier alpha value is -0.840. The first-order chi connectivity index (χ1) is 8.04. The number of alkyl halides is 3. The molecule has 4 nitrogen and oxygen atoms in total. The maximum absolute atomic E-state index is 12.0. The molecule has 0 bridgehead atoms. The highest BCUT2D eigenvalue weighted by atomic mass is 127. The topological polar surface area (TPSA) is 69.6 Å². The molecule has 18 heavy (non-hydrogen) atoms. The van der Waals surface area contributed by atoms with Crippen molar-refractivity contribution in [3.05, 3.63) is 32.9 Å². The van der Waals surface area contributed by atoms with Gasteiger partial charge in [-0.2, -0.15) is 26.0 Å². The largest absolute Gasteiger partial charge is 0.858 e. The molecule has 9 heteroatoms. The minimum atomic E-state index is -5.79. The fraction of sp³-hybridized carbons (Fsp3) is 0.222. The number of aryl methyl sites for hydroxylation is 1. The van der Waals surface area contributed by atoms with Gasteiger partial charge >= 0.3 is 15.5 Å². The predicted octanol–water partition coefficient (Wildman–Crippen LogP) is 1.56. The van der Waals surface area contributed by atoms with Crippen LogP contribution in [0.25, 0.3) is 0 Å². The summed E-state index contributed by atoms with van der Waals surface area (Å²) < 4.78 is 60.4. The van der Waals surface area contributed by atoms with Crippen molar-refractivity contribution in [1.29, 1.82) is 0 Å². The first kappa shape index (κ1) is 15.2. The van der Waals surface area contributed by atoms with E-state index in [0.29, 0.717) is 5.56 Å². The molecule has 0 saturated heterocycles. The molecule has 0 aromatic heterocycles. The summed E-state index contributed by atoms with van der Waals surface area (Å²) in [4.78, 5) is 0. The number of rotatable bonds is 2. The Labute approximate surface area is 115 Å². The number of sulfonamides is 1. The van der Waals surface area contributed by atoms with Crippen LogP contribution in [-0.4, -0.2) is 19.8 Å². The molecule has 0 radical (unpaired) electrons. The van der Waals surface area contributed by atoms with Gasteiger partial charge in [-0.1, -0.05) is 12.1 Å². The second kappa shape index (κ2) is 5.03. The summed E-state index contributed by atoms with van der Waals surface area (Å²) in [6.07, 6.45) is 0. The third kappa shape index (κ3) is 3.34. The van der Waals surface area contributed by atoms with Crippen molar-refractivity contribution in [3.63, 3.8) is 0 Å². The molecule has 0 saturated carbocycles. The second-order valence-electron chi connectivity index (χ2n) is 3.28. The third-order valence-corrected chi connectivity index (χ3v) is 4.10. The van der Waals surface area contributed by atoms with Crippen LogP contribution in [0.4, 0.5) is 13.2 Å². The lowest BCUT2D eigenvalue weighted by Crippen LogP contribution is -2.27. The molecule has 0 fully saturated rings. The highest BCUT2D eigenvalue weighted by Gasteiger charge is 2.45. The fourth-order valence-electron chi connectivity index (χ4n) is 0.991. The average Bonchev–Trinajstić information content (AvgIpc) is 2.19. The van der Waals surface area contributed by atoms with E-state index in [9.17, 15) is 26.7 Å². The van der Waals surface area contributed by atoms with Crippen molar-refractivity contribution in [1.82, 2.24) is 0 Å². The van der Waals surface area contributed by atoms with Crippen molar-refractivity contribution < 1.29 is 26.7 Å². The van der Waals surface area contributed by atoms with E-state index >= 15 is 0 Å². The molecule has 0 aliphatic heterocycles. The average molecular weight is 392 g/mol. The Morgan fingerprint density at radius 1 is 1.39 bits per heavy atom. The van der Waals surface area contributed by atoms with Crippen molar-refractivity contribution >= 4 is 38.5 Å². The van der Waals surface area contributed by atoms with Crippen LogP contribution < -0.4 is 5.11 Å². The number of halogens is 4. The van der Waals surface area contributed by atoms with E-state index in [1.165, 1.54) is 18.2 Å². The monoisotopic (exact) mass is 392 g/mol. The summed E-state index contributed by atoms with van der Waals surface area (Å²) in [5.74, 6) is -1.44. The van der Waals surface area contributed by atoms with E-state index in [-0.39, 0.29) is 5.56 Å². The van der Waals surface area contributed by atoms with Gasteiger partial charge in [-0.05, 0) is 46.7 Å². The smallest absolute Gasteiger partial charge is 0.518 e. The minimum Gasteiger partial charge on any atom is -0.858 e. The number of nitrogens with zero attached hydrogens (tertiary/aromatic N) is 1. The van der Waals surface area contributed by atoms with Crippen molar-refractivity contribution in [3.8, 4) is 0 Å². The van der Waals surface area contributed by atoms with Crippen LogP contribution >= 0.6 is 22.6 Å². The van der Waals surface area contributed by atoms with Gasteiger partial charge in [0.15, 0.2) is 0 Å². The van der Waals surface area contributed by atoms with E-state index < -0.39 is 21.4 Å². The molecule has 0 spiro atoms. The summed E-state index contributed by atoms with van der Waals surface area (Å²) in [7, 11) is -5.79. The molecule has 100 valence electrons. The lowest BCUT2D eigenvalue weighted by molar-refractivity contribution is -0.212. The van der Waals surface area contributed by atoms with Crippen LogP contribution in [0.1, 0.15) is 11.1 Å². The lowest BCUT2D eigenvalue weighted by Gasteiger charge is -2.12. The molecule has 0 aliphatic rings. The van der Waals surface area contributed by atoms with Crippen molar-refractivity contribution in [2.75, 3.05) is 0 Å². The highest BCUT2D eigenvalue weighted by Crippen LogP contribution is 2.25. The van der Waals surface area contributed by atoms with E-state index in [2.05, 4.69) is 4.40 Å². The molecular formula is C9H6F3INO3S-. The Kier molecular flexibility index (Phi) is 4.26. The molecule has 0 atom stereocenters. The quantitative estimate of drug-likeness (QED) is 0.436. The molecule has 1 rings (SSSR count). The lowest BCUT2D eigenvalue weighted by atomic mass is 10.1. The molecule has 1 aromatic rings. The van der Waals surface area contributed by atoms with Gasteiger partial charge in [0.05, 0.1) is 0 Å². The fourth-order valence-corrected chi connectivity index (χ4v) is 1.75. The van der Waals surface area contributed by atoms with Crippen molar-refractivity contribution in [2.45, 2.75) is 12.4 Å². The van der Waals surface area contributed by atoms with Gasteiger partial charge in [-0.3, -0.25) is 0 Å². The first-order valence-electron chi connectivity index (χ1n) is 4.39. The Morgan fingerprint density at radius 2 is 1.94 bits per heavy atom. The van der Waals surface area contributed by atoms with Gasteiger partial charge < -0.3 is 5.11 Å². The summed E-state index contributed by atoms with van der Waals surface area (Å²) in [5, 5.41) is 11.3. The molecular weight excluding hydrogens is 386 g/mol.